The molecule has 0 saturated carbocycles. The molecule has 0 radical (unpaired) electrons. The molecule has 3 N–H and O–H groups in total. The molecule has 0 unspecified atom stereocenters. The van der Waals surface area contributed by atoms with Crippen LogP contribution in [0.25, 0.3) is 5.69 Å². The van der Waals surface area contributed by atoms with E-state index in [1.165, 1.54) is 16.8 Å². The van der Waals surface area contributed by atoms with Gasteiger partial charge in [0, 0.05) is 0 Å². The number of nitrogens with two attached hydrogens (primary N) is 1. The van der Waals surface area contributed by atoms with Crippen molar-refractivity contribution in [3.8, 4) is 5.69 Å². The van der Waals surface area contributed by atoms with Gasteiger partial charge in [-0.05, 0) is 30.7 Å². The molecule has 0 spiro atoms. The maximum Gasteiger partial charge on any atom is 0.234 e. The normalized spacial score (nSPS) is 10.5. The molecule has 1 amide bonds. The fourth-order valence-electron chi connectivity index (χ4n) is 1.62. The summed E-state index contributed by atoms with van der Waals surface area (Å²) in [6.45, 7) is 1.97. The van der Waals surface area contributed by atoms with Crippen LogP contribution in [0, 0.1) is 12.7 Å². The molecule has 0 bridgehead atoms. The molecule has 1 aromatic carbocycles. The van der Waals surface area contributed by atoms with E-state index in [0.717, 1.165) is 5.56 Å². The van der Waals surface area contributed by atoms with E-state index < -0.39 is 0 Å². The highest BCUT2D eigenvalue weighted by Gasteiger charge is 2.06. The maximum absolute atomic E-state index is 13.3. The number of nitrogens with zero attached hydrogens (tertiary/aromatic N) is 3. The first-order valence-corrected chi connectivity index (χ1v) is 5.74. The number of amides is 1. The first-order chi connectivity index (χ1) is 9.08. The highest BCUT2D eigenvalue weighted by atomic mass is 19.1. The number of carbonyl (C=O) groups is 1. The quantitative estimate of drug-likeness (QED) is 0.830. The second-order valence-corrected chi connectivity index (χ2v) is 4.12. The lowest BCUT2D eigenvalue weighted by atomic mass is 10.2. The van der Waals surface area contributed by atoms with Gasteiger partial charge in [0.2, 0.25) is 5.91 Å². The van der Waals surface area contributed by atoms with Crippen LogP contribution < -0.4 is 11.1 Å². The number of rotatable bonds is 4. The van der Waals surface area contributed by atoms with Gasteiger partial charge in [0.1, 0.15) is 11.5 Å². The van der Waals surface area contributed by atoms with Crippen LogP contribution in [0.1, 0.15) is 11.3 Å². The number of carbonyl (C=O) groups excluding carboxylic acids is 1. The molecule has 2 aromatic rings. The van der Waals surface area contributed by atoms with Crippen LogP contribution in [0.3, 0.4) is 0 Å². The third-order valence-electron chi connectivity index (χ3n) is 2.48. The molecule has 0 aliphatic heterocycles. The van der Waals surface area contributed by atoms with E-state index in [0.29, 0.717) is 11.4 Å². The van der Waals surface area contributed by atoms with Crippen molar-refractivity contribution in [1.82, 2.24) is 20.3 Å². The fourth-order valence-corrected chi connectivity index (χ4v) is 1.62. The highest BCUT2D eigenvalue weighted by Crippen LogP contribution is 2.12. The SMILES string of the molecule is Cc1cc(F)cc(-n2cc(CNC(=O)CN)nn2)c1. The molecule has 1 aromatic heterocycles. The predicted molar refractivity (Wildman–Crippen MR) is 67.0 cm³/mol. The topological polar surface area (TPSA) is 85.8 Å². The summed E-state index contributed by atoms with van der Waals surface area (Å²) in [5.74, 6) is -0.598. The van der Waals surface area contributed by atoms with Crippen molar-refractivity contribution in [2.45, 2.75) is 13.5 Å². The van der Waals surface area contributed by atoms with Gasteiger partial charge in [0.05, 0.1) is 25.0 Å². The lowest BCUT2D eigenvalue weighted by Gasteiger charge is -2.02. The molecule has 0 aliphatic carbocycles. The van der Waals surface area contributed by atoms with E-state index in [1.807, 2.05) is 0 Å². The fraction of sp³-hybridized carbons (Fsp3) is 0.250. The van der Waals surface area contributed by atoms with Crippen LogP contribution in [0.15, 0.2) is 24.4 Å². The molecule has 0 saturated heterocycles. The first-order valence-electron chi connectivity index (χ1n) is 5.74. The Bertz CT molecular complexity index is 575. The van der Waals surface area contributed by atoms with Gasteiger partial charge in [0.25, 0.3) is 0 Å². The molecule has 2 rings (SSSR count). The molecule has 0 aliphatic rings. The number of hydrogen-bond donors (Lipinski definition) is 2. The molecule has 0 atom stereocenters. The summed E-state index contributed by atoms with van der Waals surface area (Å²) < 4.78 is 14.7. The average molecular weight is 263 g/mol. The van der Waals surface area contributed by atoms with Crippen LogP contribution in [0.2, 0.25) is 0 Å². The van der Waals surface area contributed by atoms with Gasteiger partial charge >= 0.3 is 0 Å². The Hall–Kier alpha value is -2.28. The summed E-state index contributed by atoms with van der Waals surface area (Å²) in [5.41, 5.74) is 7.12. The zero-order valence-electron chi connectivity index (χ0n) is 10.4. The Balaban J connectivity index is 2.14. The average Bonchev–Trinajstić information content (AvgIpc) is 2.83. The van der Waals surface area contributed by atoms with Gasteiger partial charge in [-0.1, -0.05) is 5.21 Å². The van der Waals surface area contributed by atoms with Crippen LogP contribution in [0.4, 0.5) is 4.39 Å². The molecule has 100 valence electrons. The van der Waals surface area contributed by atoms with Gasteiger partial charge in [-0.3, -0.25) is 4.79 Å². The van der Waals surface area contributed by atoms with Crippen LogP contribution in [-0.4, -0.2) is 27.4 Å². The summed E-state index contributed by atoms with van der Waals surface area (Å²) in [4.78, 5) is 11.0. The lowest BCUT2D eigenvalue weighted by molar-refractivity contribution is -0.119. The van der Waals surface area contributed by atoms with Crippen molar-refractivity contribution in [1.29, 1.82) is 0 Å². The van der Waals surface area contributed by atoms with Crippen molar-refractivity contribution < 1.29 is 9.18 Å². The Morgan fingerprint density at radius 1 is 1.47 bits per heavy atom. The van der Waals surface area contributed by atoms with Crippen LogP contribution in [-0.2, 0) is 11.3 Å². The van der Waals surface area contributed by atoms with E-state index in [2.05, 4.69) is 15.6 Å². The van der Waals surface area contributed by atoms with E-state index in [1.54, 1.807) is 19.2 Å². The third-order valence-corrected chi connectivity index (χ3v) is 2.48. The number of aromatic nitrogens is 3. The lowest BCUT2D eigenvalue weighted by Crippen LogP contribution is -2.29. The summed E-state index contributed by atoms with van der Waals surface area (Å²) in [5, 5.41) is 10.4. The predicted octanol–water partition coefficient (Wildman–Crippen LogP) is 0.290. The summed E-state index contributed by atoms with van der Waals surface area (Å²) >= 11 is 0. The van der Waals surface area contributed by atoms with Gasteiger partial charge in [-0.15, -0.1) is 5.10 Å². The number of halogens is 1. The van der Waals surface area contributed by atoms with Crippen molar-refractivity contribution in [3.05, 3.63) is 41.5 Å². The zero-order valence-corrected chi connectivity index (χ0v) is 10.4. The highest BCUT2D eigenvalue weighted by molar-refractivity contribution is 5.77. The minimum Gasteiger partial charge on any atom is -0.349 e. The van der Waals surface area contributed by atoms with Crippen LogP contribution >= 0.6 is 0 Å². The van der Waals surface area contributed by atoms with Gasteiger partial charge in [0.15, 0.2) is 0 Å². The first kappa shape index (κ1) is 13.2. The Labute approximate surface area is 109 Å². The largest absolute Gasteiger partial charge is 0.349 e. The van der Waals surface area contributed by atoms with Crippen LogP contribution in [0.5, 0.6) is 0 Å². The monoisotopic (exact) mass is 263 g/mol. The molecule has 6 nitrogen and oxygen atoms in total. The standard InChI is InChI=1S/C12H14FN5O/c1-8-2-9(13)4-11(3-8)18-7-10(16-17-18)6-15-12(19)5-14/h2-4,7H,5-6,14H2,1H3,(H,15,19). The molecule has 1 heterocycles. The maximum atomic E-state index is 13.3. The Kier molecular flexibility index (Phi) is 3.86. The van der Waals surface area contributed by atoms with Crippen molar-refractivity contribution in [3.63, 3.8) is 0 Å². The van der Waals surface area contributed by atoms with Gasteiger partial charge in [-0.2, -0.15) is 0 Å². The molecular formula is C12H14FN5O. The second kappa shape index (κ2) is 5.57. The smallest absolute Gasteiger partial charge is 0.234 e. The molecule has 0 fully saturated rings. The number of benzene rings is 1. The third kappa shape index (κ3) is 3.35. The zero-order chi connectivity index (χ0) is 13.8. The molecule has 19 heavy (non-hydrogen) atoms. The van der Waals surface area contributed by atoms with E-state index in [9.17, 15) is 9.18 Å². The van der Waals surface area contributed by atoms with E-state index in [-0.39, 0.29) is 24.8 Å². The summed E-state index contributed by atoms with van der Waals surface area (Å²) in [6.07, 6.45) is 1.63. The van der Waals surface area contributed by atoms with E-state index in [4.69, 9.17) is 5.73 Å². The molecule has 7 heteroatoms. The minimum atomic E-state index is -0.330. The summed E-state index contributed by atoms with van der Waals surface area (Å²) in [7, 11) is 0. The Morgan fingerprint density at radius 2 is 2.26 bits per heavy atom. The van der Waals surface area contributed by atoms with Gasteiger partial charge < -0.3 is 11.1 Å². The number of hydrogen-bond acceptors (Lipinski definition) is 4. The van der Waals surface area contributed by atoms with Crippen molar-refractivity contribution >= 4 is 5.91 Å². The second-order valence-electron chi connectivity index (χ2n) is 4.12. The van der Waals surface area contributed by atoms with Crippen molar-refractivity contribution in [2.24, 2.45) is 5.73 Å². The van der Waals surface area contributed by atoms with Gasteiger partial charge in [-0.25, -0.2) is 9.07 Å². The summed E-state index contributed by atoms with van der Waals surface area (Å²) in [6, 6.07) is 4.59. The van der Waals surface area contributed by atoms with E-state index >= 15 is 0 Å². The molecular weight excluding hydrogens is 249 g/mol. The minimum absolute atomic E-state index is 0.0722. The Morgan fingerprint density at radius 3 is 2.95 bits per heavy atom. The van der Waals surface area contributed by atoms with Crippen molar-refractivity contribution in [2.75, 3.05) is 6.54 Å². The number of nitrogens with one attached hydrogen (secondary N) is 1. The number of aryl methyl sites for hydroxylation is 1.